The zero-order valence-corrected chi connectivity index (χ0v) is 13.8. The van der Waals surface area contributed by atoms with Crippen LogP contribution in [0.25, 0.3) is 0 Å². The van der Waals surface area contributed by atoms with Crippen LogP contribution in [-0.4, -0.2) is 40.3 Å². The summed E-state index contributed by atoms with van der Waals surface area (Å²) in [6.45, 7) is 2.95. The number of nitrogens with zero attached hydrogens (tertiary/aromatic N) is 4. The van der Waals surface area contributed by atoms with Crippen molar-refractivity contribution in [2.24, 2.45) is 12.0 Å². The number of anilines is 1. The number of benzene rings is 1. The van der Waals surface area contributed by atoms with E-state index >= 15 is 0 Å². The average Bonchev–Trinajstić information content (AvgIpc) is 3.01. The number of nitrogens with one attached hydrogen (secondary N) is 1. The van der Waals surface area contributed by atoms with Crippen LogP contribution in [-0.2, 0) is 13.5 Å². The zero-order valence-electron chi connectivity index (χ0n) is 13.8. The standard InChI is InChI=1S/C18H25N5/c1-22-15-16(14-20-22)10-11-19-18(23-12-6-3-7-13-23)21-17-8-4-2-5-9-17/h2,4-5,8-9,14-15H,3,6-7,10-13H2,1H3,(H,19,21). The maximum Gasteiger partial charge on any atom is 0.198 e. The van der Waals surface area contributed by atoms with E-state index in [0.717, 1.165) is 37.7 Å². The smallest absolute Gasteiger partial charge is 0.198 e. The summed E-state index contributed by atoms with van der Waals surface area (Å²) in [5, 5.41) is 7.71. The van der Waals surface area contributed by atoms with E-state index in [-0.39, 0.29) is 0 Å². The van der Waals surface area contributed by atoms with Crippen LogP contribution in [0.5, 0.6) is 0 Å². The predicted molar refractivity (Wildman–Crippen MR) is 94.7 cm³/mol. The number of hydrogen-bond donors (Lipinski definition) is 1. The first-order valence-electron chi connectivity index (χ1n) is 8.40. The van der Waals surface area contributed by atoms with Crippen LogP contribution in [0, 0.1) is 0 Å². The molecule has 122 valence electrons. The van der Waals surface area contributed by atoms with Crippen LogP contribution in [0.1, 0.15) is 24.8 Å². The number of aliphatic imine (C=N–C) groups is 1. The maximum absolute atomic E-state index is 4.84. The lowest BCUT2D eigenvalue weighted by Gasteiger charge is -2.30. The van der Waals surface area contributed by atoms with Gasteiger partial charge in [-0.05, 0) is 43.4 Å². The zero-order chi connectivity index (χ0) is 15.9. The third-order valence-corrected chi connectivity index (χ3v) is 4.11. The molecule has 1 N–H and O–H groups in total. The molecule has 0 amide bonds. The lowest BCUT2D eigenvalue weighted by molar-refractivity contribution is 0.340. The second kappa shape index (κ2) is 7.81. The van der Waals surface area contributed by atoms with Crippen molar-refractivity contribution in [2.45, 2.75) is 25.7 Å². The molecule has 0 radical (unpaired) electrons. The number of aryl methyl sites for hydroxylation is 1. The molecule has 1 fully saturated rings. The van der Waals surface area contributed by atoms with Gasteiger partial charge in [-0.3, -0.25) is 9.67 Å². The number of guanidine groups is 1. The molecule has 0 bridgehead atoms. The normalized spacial score (nSPS) is 15.7. The molecular formula is C18H25N5. The Balaban J connectivity index is 1.67. The molecule has 3 rings (SSSR count). The number of likely N-dealkylation sites (tertiary alicyclic amines) is 1. The summed E-state index contributed by atoms with van der Waals surface area (Å²) in [6, 6.07) is 10.3. The maximum atomic E-state index is 4.84. The van der Waals surface area contributed by atoms with E-state index in [9.17, 15) is 0 Å². The van der Waals surface area contributed by atoms with Crippen molar-refractivity contribution < 1.29 is 0 Å². The minimum Gasteiger partial charge on any atom is -0.343 e. The van der Waals surface area contributed by atoms with Gasteiger partial charge in [0.05, 0.1) is 6.20 Å². The minimum absolute atomic E-state index is 0.775. The van der Waals surface area contributed by atoms with Gasteiger partial charge in [-0.25, -0.2) is 0 Å². The third kappa shape index (κ3) is 4.58. The molecule has 5 nitrogen and oxygen atoms in total. The Morgan fingerprint density at radius 3 is 2.65 bits per heavy atom. The second-order valence-corrected chi connectivity index (χ2v) is 6.02. The highest BCUT2D eigenvalue weighted by Gasteiger charge is 2.14. The van der Waals surface area contributed by atoms with Crippen LogP contribution in [0.3, 0.4) is 0 Å². The molecule has 0 aliphatic carbocycles. The summed E-state index contributed by atoms with van der Waals surface area (Å²) in [4.78, 5) is 7.22. The van der Waals surface area contributed by atoms with Crippen molar-refractivity contribution in [2.75, 3.05) is 25.0 Å². The molecule has 1 aliphatic heterocycles. The highest BCUT2D eigenvalue weighted by molar-refractivity contribution is 5.93. The fraction of sp³-hybridized carbons (Fsp3) is 0.444. The van der Waals surface area contributed by atoms with Crippen LogP contribution in [0.15, 0.2) is 47.7 Å². The first-order chi connectivity index (χ1) is 11.3. The van der Waals surface area contributed by atoms with Crippen molar-refractivity contribution in [3.05, 3.63) is 48.3 Å². The molecule has 1 aromatic carbocycles. The molecule has 1 aliphatic rings. The van der Waals surface area contributed by atoms with E-state index in [1.807, 2.05) is 36.1 Å². The molecule has 1 aromatic heterocycles. The van der Waals surface area contributed by atoms with Gasteiger partial charge in [-0.1, -0.05) is 18.2 Å². The lowest BCUT2D eigenvalue weighted by atomic mass is 10.1. The Bertz CT molecular complexity index is 626. The summed E-state index contributed by atoms with van der Waals surface area (Å²) in [6.07, 6.45) is 8.71. The Hall–Kier alpha value is -2.30. The third-order valence-electron chi connectivity index (χ3n) is 4.11. The van der Waals surface area contributed by atoms with Gasteiger partial charge in [0.2, 0.25) is 0 Å². The Morgan fingerprint density at radius 2 is 1.96 bits per heavy atom. The van der Waals surface area contributed by atoms with Crippen molar-refractivity contribution >= 4 is 11.6 Å². The van der Waals surface area contributed by atoms with E-state index < -0.39 is 0 Å². The van der Waals surface area contributed by atoms with Gasteiger partial charge in [0.1, 0.15) is 0 Å². The topological polar surface area (TPSA) is 45.5 Å². The quantitative estimate of drug-likeness (QED) is 0.697. The molecule has 2 aromatic rings. The molecule has 1 saturated heterocycles. The van der Waals surface area contributed by atoms with Gasteiger partial charge < -0.3 is 10.2 Å². The van der Waals surface area contributed by atoms with Gasteiger partial charge >= 0.3 is 0 Å². The number of hydrogen-bond acceptors (Lipinski definition) is 2. The molecule has 2 heterocycles. The fourth-order valence-electron chi connectivity index (χ4n) is 2.87. The van der Waals surface area contributed by atoms with Crippen LogP contribution < -0.4 is 5.32 Å². The first-order valence-corrected chi connectivity index (χ1v) is 8.40. The van der Waals surface area contributed by atoms with Crippen molar-refractivity contribution in [1.29, 1.82) is 0 Å². The number of aromatic nitrogens is 2. The highest BCUT2D eigenvalue weighted by Crippen LogP contribution is 2.13. The van der Waals surface area contributed by atoms with Crippen molar-refractivity contribution in [3.63, 3.8) is 0 Å². The van der Waals surface area contributed by atoms with E-state index in [1.165, 1.54) is 24.8 Å². The summed E-state index contributed by atoms with van der Waals surface area (Å²) in [5.74, 6) is 1.000. The second-order valence-electron chi connectivity index (χ2n) is 6.02. The van der Waals surface area contributed by atoms with Crippen molar-refractivity contribution in [1.82, 2.24) is 14.7 Å². The highest BCUT2D eigenvalue weighted by atomic mass is 15.3. The van der Waals surface area contributed by atoms with Crippen molar-refractivity contribution in [3.8, 4) is 0 Å². The molecule has 0 spiro atoms. The minimum atomic E-state index is 0.775. The van der Waals surface area contributed by atoms with Crippen LogP contribution >= 0.6 is 0 Å². The SMILES string of the molecule is Cn1cc(CCN=C(Nc2ccccc2)N2CCCCC2)cn1. The van der Waals surface area contributed by atoms with Gasteiger partial charge in [-0.2, -0.15) is 5.10 Å². The summed E-state index contributed by atoms with van der Waals surface area (Å²) >= 11 is 0. The first kappa shape index (κ1) is 15.6. The van der Waals surface area contributed by atoms with Crippen LogP contribution in [0.4, 0.5) is 5.69 Å². The predicted octanol–water partition coefficient (Wildman–Crippen LogP) is 2.92. The van der Waals surface area contributed by atoms with Gasteiger partial charge in [0, 0.05) is 38.6 Å². The molecule has 23 heavy (non-hydrogen) atoms. The van der Waals surface area contributed by atoms with Gasteiger partial charge in [0.25, 0.3) is 0 Å². The monoisotopic (exact) mass is 311 g/mol. The largest absolute Gasteiger partial charge is 0.343 e. The number of para-hydroxylation sites is 1. The Labute approximate surface area is 138 Å². The fourth-order valence-corrected chi connectivity index (χ4v) is 2.87. The van der Waals surface area contributed by atoms with E-state index in [2.05, 4.69) is 33.6 Å². The van der Waals surface area contributed by atoms with E-state index in [1.54, 1.807) is 0 Å². The van der Waals surface area contributed by atoms with Gasteiger partial charge in [0.15, 0.2) is 5.96 Å². The molecule has 0 unspecified atom stereocenters. The van der Waals surface area contributed by atoms with E-state index in [4.69, 9.17) is 4.99 Å². The number of piperidine rings is 1. The summed E-state index contributed by atoms with van der Waals surface area (Å²) in [5.41, 5.74) is 2.33. The molecule has 0 atom stereocenters. The number of rotatable bonds is 4. The Morgan fingerprint density at radius 1 is 1.17 bits per heavy atom. The van der Waals surface area contributed by atoms with Gasteiger partial charge in [-0.15, -0.1) is 0 Å². The summed E-state index contributed by atoms with van der Waals surface area (Å²) in [7, 11) is 1.95. The molecule has 5 heteroatoms. The molecule has 0 saturated carbocycles. The summed E-state index contributed by atoms with van der Waals surface area (Å²) < 4.78 is 1.84. The lowest BCUT2D eigenvalue weighted by Crippen LogP contribution is -2.40. The average molecular weight is 311 g/mol. The van der Waals surface area contributed by atoms with Crippen LogP contribution in [0.2, 0.25) is 0 Å². The Kier molecular flexibility index (Phi) is 5.29. The molecular weight excluding hydrogens is 286 g/mol. The van der Waals surface area contributed by atoms with E-state index in [0.29, 0.717) is 0 Å².